The minimum absolute atomic E-state index is 0.574. The number of hydrogen-bond acceptors (Lipinski definition) is 3. The molecule has 2 aliphatic carbocycles. The van der Waals surface area contributed by atoms with Gasteiger partial charge in [0.1, 0.15) is 5.82 Å². The van der Waals surface area contributed by atoms with E-state index in [9.17, 15) is 0 Å². The molecule has 61 heavy (non-hydrogen) atoms. The summed E-state index contributed by atoms with van der Waals surface area (Å²) in [5.74, 6) is 2.36. The predicted octanol–water partition coefficient (Wildman–Crippen LogP) is 16.1. The lowest BCUT2D eigenvalue weighted by molar-refractivity contribution is 1.00. The van der Waals surface area contributed by atoms with E-state index < -0.39 is 0 Å². The van der Waals surface area contributed by atoms with Gasteiger partial charge in [0.25, 0.3) is 0 Å². The average molecular weight is 798 g/mol. The van der Waals surface area contributed by atoms with Crippen molar-refractivity contribution < 1.29 is 0 Å². The minimum atomic E-state index is 0.574. The van der Waals surface area contributed by atoms with Crippen LogP contribution in [0.15, 0.2) is 222 Å². The number of anilines is 6. The molecule has 10 aromatic rings. The topological polar surface area (TPSA) is 11.4 Å². The lowest BCUT2D eigenvalue weighted by Gasteiger charge is -2.34. The van der Waals surface area contributed by atoms with Crippen LogP contribution in [0.25, 0.3) is 49.6 Å². The maximum atomic E-state index is 2.49. The number of nitrogens with zero attached hydrogens (tertiary/aromatic N) is 3. The van der Waals surface area contributed by atoms with Crippen molar-refractivity contribution in [1.82, 2.24) is 4.57 Å². The van der Waals surface area contributed by atoms with E-state index in [2.05, 4.69) is 227 Å². The Hall–Kier alpha value is -7.27. The maximum Gasteiger partial charge on any atom is 0.137 e. The number of para-hydroxylation sites is 3. The Kier molecular flexibility index (Phi) is 7.73. The number of rotatable bonds is 6. The number of hydrogen-bond donors (Lipinski definition) is 0. The Morgan fingerprint density at radius 3 is 1.98 bits per heavy atom. The van der Waals surface area contributed by atoms with Crippen LogP contribution in [0.5, 0.6) is 0 Å². The summed E-state index contributed by atoms with van der Waals surface area (Å²) in [6.45, 7) is 0. The largest absolute Gasteiger partial charge is 0.310 e. The van der Waals surface area contributed by atoms with Crippen molar-refractivity contribution in [3.63, 3.8) is 0 Å². The molecule has 1 saturated carbocycles. The summed E-state index contributed by atoms with van der Waals surface area (Å²) in [4.78, 5) is 7.47. The van der Waals surface area contributed by atoms with Crippen molar-refractivity contribution in [1.29, 1.82) is 0 Å². The van der Waals surface area contributed by atoms with Crippen molar-refractivity contribution in [2.75, 3.05) is 9.80 Å². The van der Waals surface area contributed by atoms with Gasteiger partial charge in [0, 0.05) is 38.6 Å². The zero-order valence-corrected chi connectivity index (χ0v) is 34.1. The molecule has 288 valence electrons. The first-order chi connectivity index (χ1) is 30.3. The molecule has 0 spiro atoms. The Balaban J connectivity index is 0.989. The highest BCUT2D eigenvalue weighted by Crippen LogP contribution is 2.64. The van der Waals surface area contributed by atoms with Crippen LogP contribution in [0.1, 0.15) is 29.4 Å². The standard InChI is InChI=1S/C57H39N3S/c1-2-16-39(17-3-1)59-51-24-9-8-21-48(51)56-57(59)60(52-25-10-11-27-54(52)61-56)42-34-32-41(33-35-42)58(40-30-28-38(29-31-40)44-22-12-15-37-14-4-5-18-43(37)44)53-26-13-23-47-50-36-49(50)45-19-6-7-20-46(45)55(47)53/h1-35,49-50H,36H2. The van der Waals surface area contributed by atoms with Gasteiger partial charge in [0.2, 0.25) is 0 Å². The summed E-state index contributed by atoms with van der Waals surface area (Å²) in [5, 5.41) is 3.78. The van der Waals surface area contributed by atoms with Gasteiger partial charge < -0.3 is 4.90 Å². The zero-order valence-electron chi connectivity index (χ0n) is 33.3. The summed E-state index contributed by atoms with van der Waals surface area (Å²) >= 11 is 1.87. The van der Waals surface area contributed by atoms with Crippen molar-refractivity contribution in [2.45, 2.75) is 28.0 Å². The lowest BCUT2D eigenvalue weighted by Crippen LogP contribution is -2.18. The van der Waals surface area contributed by atoms with Gasteiger partial charge in [-0.05, 0) is 130 Å². The fourth-order valence-electron chi connectivity index (χ4n) is 10.3. The van der Waals surface area contributed by atoms with Crippen molar-refractivity contribution >= 4 is 67.7 Å². The third kappa shape index (κ3) is 5.39. The van der Waals surface area contributed by atoms with Gasteiger partial charge in [0.05, 0.1) is 21.8 Å². The second-order valence-corrected chi connectivity index (χ2v) is 17.5. The average Bonchev–Trinajstić information content (AvgIpc) is 4.08. The second-order valence-electron chi connectivity index (χ2n) is 16.4. The van der Waals surface area contributed by atoms with E-state index in [1.54, 1.807) is 0 Å². The number of fused-ring (bicyclic) bond motifs is 11. The Labute approximate surface area is 359 Å². The molecule has 0 bridgehead atoms. The van der Waals surface area contributed by atoms with Gasteiger partial charge in [-0.3, -0.25) is 9.47 Å². The molecule has 1 fully saturated rings. The summed E-state index contributed by atoms with van der Waals surface area (Å²) in [6, 6.07) is 78.3. The third-order valence-corrected chi connectivity index (χ3v) is 14.2. The molecule has 0 N–H and O–H groups in total. The highest BCUT2D eigenvalue weighted by atomic mass is 32.2. The van der Waals surface area contributed by atoms with Crippen LogP contribution in [0.2, 0.25) is 0 Å². The molecular weight excluding hydrogens is 759 g/mol. The molecule has 13 rings (SSSR count). The molecule has 0 saturated heterocycles. The van der Waals surface area contributed by atoms with E-state index in [1.165, 1.54) is 82.6 Å². The molecule has 2 unspecified atom stereocenters. The van der Waals surface area contributed by atoms with Crippen LogP contribution >= 0.6 is 11.8 Å². The van der Waals surface area contributed by atoms with Gasteiger partial charge >= 0.3 is 0 Å². The highest BCUT2D eigenvalue weighted by molar-refractivity contribution is 8.00. The molecule has 4 heteroatoms. The van der Waals surface area contributed by atoms with Crippen LogP contribution < -0.4 is 9.80 Å². The van der Waals surface area contributed by atoms with Gasteiger partial charge in [0.15, 0.2) is 0 Å². The number of benzene rings is 9. The van der Waals surface area contributed by atoms with Gasteiger partial charge in [-0.2, -0.15) is 0 Å². The quantitative estimate of drug-likeness (QED) is 0.166. The SMILES string of the molecule is c1ccc(-n2c3c(c4ccccc42)Sc2ccccc2N3c2ccc(N(c3ccc(-c4cccc5ccccc45)cc3)c3cccc4c3-c3ccccc3C3CC43)cc2)cc1. The van der Waals surface area contributed by atoms with Gasteiger partial charge in [-0.15, -0.1) is 0 Å². The molecular formula is C57H39N3S. The van der Waals surface area contributed by atoms with Crippen LogP contribution in [-0.2, 0) is 0 Å². The molecule has 1 aromatic heterocycles. The van der Waals surface area contributed by atoms with Crippen LogP contribution in [0.3, 0.4) is 0 Å². The molecule has 2 atom stereocenters. The van der Waals surface area contributed by atoms with Gasteiger partial charge in [-0.1, -0.05) is 151 Å². The maximum absolute atomic E-state index is 2.49. The summed E-state index contributed by atoms with van der Waals surface area (Å²) in [7, 11) is 0. The van der Waals surface area contributed by atoms with E-state index in [-0.39, 0.29) is 0 Å². The summed E-state index contributed by atoms with van der Waals surface area (Å²) in [6.07, 6.45) is 1.22. The van der Waals surface area contributed by atoms with E-state index in [1.807, 2.05) is 11.8 Å². The molecule has 3 nitrogen and oxygen atoms in total. The third-order valence-electron chi connectivity index (χ3n) is 13.1. The molecule has 9 aromatic carbocycles. The summed E-state index contributed by atoms with van der Waals surface area (Å²) < 4.78 is 2.43. The van der Waals surface area contributed by atoms with Gasteiger partial charge in [-0.25, -0.2) is 0 Å². The molecule has 1 aliphatic heterocycles. The Morgan fingerprint density at radius 2 is 1.11 bits per heavy atom. The molecule has 3 aliphatic rings. The Bertz CT molecular complexity index is 3330. The first kappa shape index (κ1) is 34.6. The van der Waals surface area contributed by atoms with Crippen LogP contribution in [0, 0.1) is 0 Å². The Morgan fingerprint density at radius 1 is 0.475 bits per heavy atom. The predicted molar refractivity (Wildman–Crippen MR) is 255 cm³/mol. The van der Waals surface area contributed by atoms with Crippen LogP contribution in [0.4, 0.5) is 34.3 Å². The fraction of sp³-hybridized carbons (Fsp3) is 0.0526. The smallest absolute Gasteiger partial charge is 0.137 e. The van der Waals surface area contributed by atoms with E-state index >= 15 is 0 Å². The first-order valence-corrected chi connectivity index (χ1v) is 22.1. The van der Waals surface area contributed by atoms with E-state index in [0.717, 1.165) is 28.6 Å². The van der Waals surface area contributed by atoms with E-state index in [0.29, 0.717) is 11.8 Å². The zero-order chi connectivity index (χ0) is 40.0. The monoisotopic (exact) mass is 797 g/mol. The van der Waals surface area contributed by atoms with Crippen molar-refractivity contribution in [2.24, 2.45) is 0 Å². The highest BCUT2D eigenvalue weighted by Gasteiger charge is 2.46. The molecule has 0 amide bonds. The number of aromatic nitrogens is 1. The minimum Gasteiger partial charge on any atom is -0.310 e. The second kappa shape index (κ2) is 13.6. The van der Waals surface area contributed by atoms with Crippen molar-refractivity contribution in [3.8, 4) is 27.9 Å². The normalized spacial score (nSPS) is 15.7. The fourth-order valence-corrected chi connectivity index (χ4v) is 11.5. The van der Waals surface area contributed by atoms with E-state index in [4.69, 9.17) is 0 Å². The van der Waals surface area contributed by atoms with Crippen LogP contribution in [-0.4, -0.2) is 4.57 Å². The molecule has 2 heterocycles. The first-order valence-electron chi connectivity index (χ1n) is 21.2. The summed E-state index contributed by atoms with van der Waals surface area (Å²) in [5.41, 5.74) is 16.3. The lowest BCUT2D eigenvalue weighted by atomic mass is 9.84. The van der Waals surface area contributed by atoms with Crippen molar-refractivity contribution in [3.05, 3.63) is 223 Å². The molecule has 0 radical (unpaired) electrons.